The summed E-state index contributed by atoms with van der Waals surface area (Å²) in [6.07, 6.45) is 6.90. The molecule has 0 spiro atoms. The molecule has 2 atom stereocenters. The van der Waals surface area contributed by atoms with E-state index >= 15 is 0 Å². The van der Waals surface area contributed by atoms with Gasteiger partial charge in [-0.2, -0.15) is 4.98 Å². The van der Waals surface area contributed by atoms with E-state index in [0.29, 0.717) is 16.9 Å². The molecular formula is C16H16ClN3O. The Balaban J connectivity index is 1.55. The van der Waals surface area contributed by atoms with Crippen molar-refractivity contribution in [2.75, 3.05) is 18.0 Å². The fourth-order valence-electron chi connectivity index (χ4n) is 3.26. The third-order valence-electron chi connectivity index (χ3n) is 4.39. The number of hydrogen-bond acceptors (Lipinski definition) is 4. The SMILES string of the molecule is Clc1cccc(-c2noc(N3CC4CC=CCC4C3)n2)c1. The number of aromatic nitrogens is 2. The molecule has 108 valence electrons. The molecule has 0 bridgehead atoms. The predicted molar refractivity (Wildman–Crippen MR) is 82.3 cm³/mol. The summed E-state index contributed by atoms with van der Waals surface area (Å²) in [5.41, 5.74) is 0.885. The zero-order valence-electron chi connectivity index (χ0n) is 11.6. The average Bonchev–Trinajstić information content (AvgIpc) is 3.14. The fourth-order valence-corrected chi connectivity index (χ4v) is 3.45. The van der Waals surface area contributed by atoms with Gasteiger partial charge in [0, 0.05) is 23.7 Å². The highest BCUT2D eigenvalue weighted by atomic mass is 35.5. The molecule has 2 unspecified atom stereocenters. The zero-order chi connectivity index (χ0) is 14.2. The summed E-state index contributed by atoms with van der Waals surface area (Å²) in [5, 5.41) is 4.77. The molecule has 1 aliphatic heterocycles. The Bertz CT molecular complexity index is 666. The number of fused-ring (bicyclic) bond motifs is 1. The molecule has 0 radical (unpaired) electrons. The van der Waals surface area contributed by atoms with Crippen LogP contribution in [0.3, 0.4) is 0 Å². The van der Waals surface area contributed by atoms with Crippen LogP contribution in [0.25, 0.3) is 11.4 Å². The first kappa shape index (κ1) is 12.9. The van der Waals surface area contributed by atoms with Crippen molar-refractivity contribution in [2.45, 2.75) is 12.8 Å². The van der Waals surface area contributed by atoms with E-state index in [1.165, 1.54) is 0 Å². The Kier molecular flexibility index (Phi) is 3.19. The van der Waals surface area contributed by atoms with Gasteiger partial charge < -0.3 is 9.42 Å². The number of rotatable bonds is 2. The monoisotopic (exact) mass is 301 g/mol. The first-order valence-electron chi connectivity index (χ1n) is 7.29. The number of halogens is 1. The number of nitrogens with zero attached hydrogens (tertiary/aromatic N) is 3. The second-order valence-electron chi connectivity index (χ2n) is 5.78. The standard InChI is InChI=1S/C16H16ClN3O/c17-14-7-3-6-11(8-14)15-18-16(21-19-15)20-9-12-4-1-2-5-13(12)10-20/h1-3,6-8,12-13H,4-5,9-10H2. The van der Waals surface area contributed by atoms with Crippen molar-refractivity contribution in [3.63, 3.8) is 0 Å². The van der Waals surface area contributed by atoms with Gasteiger partial charge in [0.05, 0.1) is 0 Å². The lowest BCUT2D eigenvalue weighted by Gasteiger charge is -2.17. The lowest BCUT2D eigenvalue weighted by atomic mass is 9.86. The zero-order valence-corrected chi connectivity index (χ0v) is 12.3. The van der Waals surface area contributed by atoms with Crippen LogP contribution >= 0.6 is 11.6 Å². The first-order chi connectivity index (χ1) is 10.3. The van der Waals surface area contributed by atoms with Crippen LogP contribution in [0.1, 0.15) is 12.8 Å². The van der Waals surface area contributed by atoms with Crippen LogP contribution in [-0.2, 0) is 0 Å². The smallest absolute Gasteiger partial charge is 0.324 e. The molecule has 21 heavy (non-hydrogen) atoms. The van der Waals surface area contributed by atoms with Crippen LogP contribution in [0.15, 0.2) is 40.9 Å². The minimum absolute atomic E-state index is 0.598. The summed E-state index contributed by atoms with van der Waals surface area (Å²) >= 11 is 6.01. The minimum atomic E-state index is 0.598. The molecule has 2 aliphatic rings. The summed E-state index contributed by atoms with van der Waals surface area (Å²) in [4.78, 5) is 6.74. The van der Waals surface area contributed by atoms with Gasteiger partial charge in [-0.05, 0) is 36.8 Å². The molecule has 2 aromatic rings. The van der Waals surface area contributed by atoms with Gasteiger partial charge in [-0.25, -0.2) is 0 Å². The molecule has 5 heteroatoms. The van der Waals surface area contributed by atoms with Gasteiger partial charge in [-0.1, -0.05) is 41.0 Å². The van der Waals surface area contributed by atoms with Crippen molar-refractivity contribution in [2.24, 2.45) is 11.8 Å². The van der Waals surface area contributed by atoms with E-state index in [1.807, 2.05) is 24.3 Å². The molecule has 0 amide bonds. The van der Waals surface area contributed by atoms with Gasteiger partial charge in [-0.3, -0.25) is 0 Å². The van der Waals surface area contributed by atoms with Crippen molar-refractivity contribution >= 4 is 17.6 Å². The van der Waals surface area contributed by atoms with E-state index in [0.717, 1.165) is 43.3 Å². The number of anilines is 1. The molecule has 2 heterocycles. The third kappa shape index (κ3) is 2.44. The topological polar surface area (TPSA) is 42.2 Å². The lowest BCUT2D eigenvalue weighted by Crippen LogP contribution is -2.20. The van der Waals surface area contributed by atoms with Crippen molar-refractivity contribution in [1.82, 2.24) is 10.1 Å². The van der Waals surface area contributed by atoms with Crippen LogP contribution in [-0.4, -0.2) is 23.2 Å². The largest absolute Gasteiger partial charge is 0.324 e. The molecule has 4 nitrogen and oxygen atoms in total. The Morgan fingerprint density at radius 3 is 2.62 bits per heavy atom. The summed E-state index contributed by atoms with van der Waals surface area (Å²) in [6, 6.07) is 8.14. The van der Waals surface area contributed by atoms with E-state index in [-0.39, 0.29) is 0 Å². The Hall–Kier alpha value is -1.81. The minimum Gasteiger partial charge on any atom is -0.324 e. The second-order valence-corrected chi connectivity index (χ2v) is 6.22. The molecule has 1 fully saturated rings. The quantitative estimate of drug-likeness (QED) is 0.791. The van der Waals surface area contributed by atoms with E-state index < -0.39 is 0 Å². The van der Waals surface area contributed by atoms with E-state index in [1.54, 1.807) is 0 Å². The van der Waals surface area contributed by atoms with Crippen molar-refractivity contribution in [1.29, 1.82) is 0 Å². The molecule has 0 saturated carbocycles. The van der Waals surface area contributed by atoms with Gasteiger partial charge >= 0.3 is 6.01 Å². The Morgan fingerprint density at radius 2 is 1.90 bits per heavy atom. The van der Waals surface area contributed by atoms with Gasteiger partial charge in [0.25, 0.3) is 0 Å². The summed E-state index contributed by atoms with van der Waals surface area (Å²) in [6.45, 7) is 2.01. The van der Waals surface area contributed by atoms with Gasteiger partial charge in [0.2, 0.25) is 5.82 Å². The molecular weight excluding hydrogens is 286 g/mol. The second kappa shape index (κ2) is 5.19. The van der Waals surface area contributed by atoms with Gasteiger partial charge in [-0.15, -0.1) is 0 Å². The van der Waals surface area contributed by atoms with Crippen molar-refractivity contribution in [3.05, 3.63) is 41.4 Å². The van der Waals surface area contributed by atoms with Gasteiger partial charge in [0.15, 0.2) is 0 Å². The Labute approximate surface area is 128 Å². The van der Waals surface area contributed by atoms with Crippen LogP contribution < -0.4 is 4.90 Å². The predicted octanol–water partition coefficient (Wildman–Crippen LogP) is 3.79. The summed E-state index contributed by atoms with van der Waals surface area (Å²) in [7, 11) is 0. The van der Waals surface area contributed by atoms with Crippen molar-refractivity contribution in [3.8, 4) is 11.4 Å². The maximum Gasteiger partial charge on any atom is 0.324 e. The molecule has 1 aliphatic carbocycles. The normalized spacial score (nSPS) is 24.3. The average molecular weight is 302 g/mol. The highest BCUT2D eigenvalue weighted by molar-refractivity contribution is 6.30. The highest BCUT2D eigenvalue weighted by Gasteiger charge is 2.35. The van der Waals surface area contributed by atoms with Crippen molar-refractivity contribution < 1.29 is 4.52 Å². The molecule has 1 aromatic heterocycles. The van der Waals surface area contributed by atoms with Crippen LogP contribution in [0.4, 0.5) is 6.01 Å². The highest BCUT2D eigenvalue weighted by Crippen LogP contribution is 2.35. The molecule has 1 aromatic carbocycles. The van der Waals surface area contributed by atoms with E-state index in [9.17, 15) is 0 Å². The Morgan fingerprint density at radius 1 is 1.14 bits per heavy atom. The van der Waals surface area contributed by atoms with Gasteiger partial charge in [0.1, 0.15) is 0 Å². The molecule has 1 saturated heterocycles. The number of allylic oxidation sites excluding steroid dienone is 2. The summed E-state index contributed by atoms with van der Waals surface area (Å²) < 4.78 is 5.45. The van der Waals surface area contributed by atoms with Crippen LogP contribution in [0, 0.1) is 11.8 Å². The van der Waals surface area contributed by atoms with Crippen LogP contribution in [0.5, 0.6) is 0 Å². The maximum absolute atomic E-state index is 6.01. The number of benzene rings is 1. The molecule has 4 rings (SSSR count). The van der Waals surface area contributed by atoms with E-state index in [2.05, 4.69) is 27.2 Å². The number of hydrogen-bond donors (Lipinski definition) is 0. The van der Waals surface area contributed by atoms with E-state index in [4.69, 9.17) is 16.1 Å². The fraction of sp³-hybridized carbons (Fsp3) is 0.375. The first-order valence-corrected chi connectivity index (χ1v) is 7.67. The third-order valence-corrected chi connectivity index (χ3v) is 4.62. The lowest BCUT2D eigenvalue weighted by molar-refractivity contribution is 0.411. The maximum atomic E-state index is 6.01. The summed E-state index contributed by atoms with van der Waals surface area (Å²) in [5.74, 6) is 2.04. The van der Waals surface area contributed by atoms with Crippen LogP contribution in [0.2, 0.25) is 5.02 Å². The molecule has 0 N–H and O–H groups in total.